The fourth-order valence-corrected chi connectivity index (χ4v) is 1.65. The second-order valence-electron chi connectivity index (χ2n) is 3.14. The van der Waals surface area contributed by atoms with E-state index in [9.17, 15) is 9.59 Å². The van der Waals surface area contributed by atoms with Crippen molar-refractivity contribution in [3.63, 3.8) is 0 Å². The first-order valence-electron chi connectivity index (χ1n) is 4.44. The minimum absolute atomic E-state index is 0.0490. The van der Waals surface area contributed by atoms with Crippen LogP contribution in [0.15, 0.2) is 30.5 Å². The molecular weight excluding hydrogens is 178 g/mol. The van der Waals surface area contributed by atoms with Crippen LogP contribution in [0.5, 0.6) is 0 Å². The lowest BCUT2D eigenvalue weighted by atomic mass is 10.0. The monoisotopic (exact) mass is 187 g/mol. The molecule has 0 aromatic heterocycles. The summed E-state index contributed by atoms with van der Waals surface area (Å²) in [7, 11) is 0. The zero-order valence-electron chi connectivity index (χ0n) is 7.56. The van der Waals surface area contributed by atoms with E-state index in [-0.39, 0.29) is 5.91 Å². The third-order valence-electron chi connectivity index (χ3n) is 2.31. The summed E-state index contributed by atoms with van der Waals surface area (Å²) >= 11 is 0. The van der Waals surface area contributed by atoms with Crippen LogP contribution >= 0.6 is 0 Å². The van der Waals surface area contributed by atoms with Crippen molar-refractivity contribution in [1.82, 2.24) is 0 Å². The summed E-state index contributed by atoms with van der Waals surface area (Å²) in [5, 5.41) is 0. The van der Waals surface area contributed by atoms with E-state index in [0.29, 0.717) is 6.42 Å². The van der Waals surface area contributed by atoms with Crippen LogP contribution in [0.25, 0.3) is 0 Å². The Bertz CT molecular complexity index is 419. The van der Waals surface area contributed by atoms with Gasteiger partial charge in [0.25, 0.3) is 0 Å². The first kappa shape index (κ1) is 8.73. The highest BCUT2D eigenvalue weighted by Crippen LogP contribution is 2.27. The Morgan fingerprint density at radius 2 is 2.07 bits per heavy atom. The number of fused-ring (bicyclic) bond motifs is 1. The lowest BCUT2D eigenvalue weighted by molar-refractivity contribution is -0.118. The molecule has 0 aliphatic carbocycles. The molecule has 1 aliphatic rings. The van der Waals surface area contributed by atoms with Crippen molar-refractivity contribution in [2.75, 3.05) is 4.90 Å². The lowest BCUT2D eigenvalue weighted by Gasteiger charge is -2.24. The molecule has 0 saturated carbocycles. The van der Waals surface area contributed by atoms with E-state index in [1.807, 2.05) is 24.3 Å². The highest BCUT2D eigenvalue weighted by molar-refractivity contribution is 5.99. The number of carbonyl (C=O) groups excluding carboxylic acids is 2. The van der Waals surface area contributed by atoms with E-state index in [4.69, 9.17) is 0 Å². The van der Waals surface area contributed by atoms with E-state index in [0.717, 1.165) is 23.9 Å². The molecule has 70 valence electrons. The number of benzene rings is 1. The van der Waals surface area contributed by atoms with Gasteiger partial charge in [-0.3, -0.25) is 9.69 Å². The minimum Gasteiger partial charge on any atom is -0.277 e. The summed E-state index contributed by atoms with van der Waals surface area (Å²) in [5.74, 6) is 1.59. The predicted octanol–water partition coefficient (Wildman–Crippen LogP) is 1.31. The number of rotatable bonds is 1. The van der Waals surface area contributed by atoms with Crippen LogP contribution < -0.4 is 4.90 Å². The summed E-state index contributed by atoms with van der Waals surface area (Å²) in [6.45, 7) is 0. The van der Waals surface area contributed by atoms with Crippen LogP contribution in [0, 0.1) is 0 Å². The van der Waals surface area contributed by atoms with E-state index in [1.54, 1.807) is 5.94 Å². The Kier molecular flexibility index (Phi) is 2.17. The first-order chi connectivity index (χ1) is 6.83. The maximum Gasteiger partial charge on any atom is 0.232 e. The van der Waals surface area contributed by atoms with Crippen molar-refractivity contribution in [2.24, 2.45) is 0 Å². The van der Waals surface area contributed by atoms with Crippen molar-refractivity contribution in [2.45, 2.75) is 12.8 Å². The molecule has 0 saturated heterocycles. The van der Waals surface area contributed by atoms with Crippen molar-refractivity contribution < 1.29 is 9.59 Å². The Balaban J connectivity index is 2.51. The molecule has 1 aromatic rings. The highest BCUT2D eigenvalue weighted by Gasteiger charge is 2.21. The molecule has 14 heavy (non-hydrogen) atoms. The van der Waals surface area contributed by atoms with Gasteiger partial charge in [0, 0.05) is 6.42 Å². The summed E-state index contributed by atoms with van der Waals surface area (Å²) < 4.78 is 0. The molecule has 0 spiro atoms. The molecule has 1 heterocycles. The average molecular weight is 187 g/mol. The molecule has 1 aromatic carbocycles. The molecule has 0 fully saturated rings. The van der Waals surface area contributed by atoms with Crippen LogP contribution in [0.2, 0.25) is 0 Å². The second kappa shape index (κ2) is 3.48. The first-order valence-corrected chi connectivity index (χ1v) is 4.44. The number of amides is 1. The number of carbonyl (C=O) groups is 1. The Labute approximate surface area is 81.6 Å². The third-order valence-corrected chi connectivity index (χ3v) is 2.31. The smallest absolute Gasteiger partial charge is 0.232 e. The zero-order valence-corrected chi connectivity index (χ0v) is 7.56. The molecule has 2 rings (SSSR count). The van der Waals surface area contributed by atoms with Crippen LogP contribution in [0.1, 0.15) is 12.0 Å². The number of para-hydroxylation sites is 1. The Morgan fingerprint density at radius 1 is 1.29 bits per heavy atom. The van der Waals surface area contributed by atoms with Gasteiger partial charge in [-0.25, -0.2) is 4.79 Å². The third kappa shape index (κ3) is 1.34. The molecule has 3 nitrogen and oxygen atoms in total. The van der Waals surface area contributed by atoms with Crippen molar-refractivity contribution in [3.05, 3.63) is 36.0 Å². The Morgan fingerprint density at radius 3 is 2.86 bits per heavy atom. The fourth-order valence-electron chi connectivity index (χ4n) is 1.65. The van der Waals surface area contributed by atoms with Crippen LogP contribution in [0.4, 0.5) is 5.69 Å². The SMILES string of the molecule is O=C=CN1C(=O)CCc2ccccc21. The van der Waals surface area contributed by atoms with Gasteiger partial charge in [0.2, 0.25) is 5.91 Å². The topological polar surface area (TPSA) is 37.4 Å². The largest absolute Gasteiger partial charge is 0.277 e. The van der Waals surface area contributed by atoms with Gasteiger partial charge in [0.15, 0.2) is 0 Å². The summed E-state index contributed by atoms with van der Waals surface area (Å²) in [5.41, 5.74) is 1.89. The Hall–Kier alpha value is -1.86. The van der Waals surface area contributed by atoms with Gasteiger partial charge in [-0.1, -0.05) is 18.2 Å². The van der Waals surface area contributed by atoms with Gasteiger partial charge in [-0.15, -0.1) is 0 Å². The van der Waals surface area contributed by atoms with E-state index < -0.39 is 0 Å². The van der Waals surface area contributed by atoms with Crippen molar-refractivity contribution in [1.29, 1.82) is 0 Å². The molecule has 0 radical (unpaired) electrons. The number of anilines is 1. The number of nitrogens with zero attached hydrogens (tertiary/aromatic N) is 1. The van der Waals surface area contributed by atoms with Gasteiger partial charge >= 0.3 is 0 Å². The van der Waals surface area contributed by atoms with Gasteiger partial charge in [-0.05, 0) is 18.1 Å². The maximum absolute atomic E-state index is 11.5. The fraction of sp³-hybridized carbons (Fsp3) is 0.182. The van der Waals surface area contributed by atoms with Gasteiger partial charge in [-0.2, -0.15) is 0 Å². The average Bonchev–Trinajstić information content (AvgIpc) is 2.23. The summed E-state index contributed by atoms with van der Waals surface area (Å²) in [6, 6.07) is 7.58. The molecule has 3 heteroatoms. The molecule has 0 bridgehead atoms. The van der Waals surface area contributed by atoms with Crippen LogP contribution in [-0.2, 0) is 16.0 Å². The van der Waals surface area contributed by atoms with Crippen LogP contribution in [0.3, 0.4) is 0 Å². The van der Waals surface area contributed by atoms with Gasteiger partial charge in [0.05, 0.1) is 11.9 Å². The normalized spacial score (nSPS) is 14.6. The standard InChI is InChI=1S/C11H9NO2/c13-8-7-12-10-4-2-1-3-9(10)5-6-11(12)14/h1-4,7H,5-6H2. The molecule has 0 unspecified atom stereocenters. The van der Waals surface area contributed by atoms with Crippen molar-refractivity contribution in [3.8, 4) is 0 Å². The summed E-state index contributed by atoms with van der Waals surface area (Å²) in [6.07, 6.45) is 2.35. The zero-order chi connectivity index (χ0) is 9.97. The summed E-state index contributed by atoms with van der Waals surface area (Å²) in [4.78, 5) is 23.1. The number of aryl methyl sites for hydroxylation is 1. The van der Waals surface area contributed by atoms with Crippen LogP contribution in [-0.4, -0.2) is 11.8 Å². The van der Waals surface area contributed by atoms with E-state index in [1.165, 1.54) is 4.90 Å². The van der Waals surface area contributed by atoms with Gasteiger partial charge < -0.3 is 0 Å². The van der Waals surface area contributed by atoms with E-state index >= 15 is 0 Å². The molecule has 1 amide bonds. The quantitative estimate of drug-likeness (QED) is 0.621. The van der Waals surface area contributed by atoms with E-state index in [2.05, 4.69) is 0 Å². The number of hydrogen-bond acceptors (Lipinski definition) is 2. The molecule has 0 N–H and O–H groups in total. The van der Waals surface area contributed by atoms with Gasteiger partial charge in [0.1, 0.15) is 5.94 Å². The lowest BCUT2D eigenvalue weighted by Crippen LogP contribution is -2.30. The highest BCUT2D eigenvalue weighted by atomic mass is 16.2. The maximum atomic E-state index is 11.5. The molecular formula is C11H9NO2. The number of hydrogen-bond donors (Lipinski definition) is 0. The molecule has 0 atom stereocenters. The molecule has 1 aliphatic heterocycles. The minimum atomic E-state index is -0.0490. The van der Waals surface area contributed by atoms with Crippen molar-refractivity contribution >= 4 is 17.5 Å². The second-order valence-corrected chi connectivity index (χ2v) is 3.14. The predicted molar refractivity (Wildman–Crippen MR) is 52.5 cm³/mol.